The van der Waals surface area contributed by atoms with Crippen LogP contribution in [0.1, 0.15) is 44.2 Å². The lowest BCUT2D eigenvalue weighted by Gasteiger charge is -2.13. The summed E-state index contributed by atoms with van der Waals surface area (Å²) in [6.07, 6.45) is 8.41. The number of aromatic nitrogens is 2. The number of allylic oxidation sites excluding steroid dienone is 1. The van der Waals surface area contributed by atoms with Crippen LogP contribution < -0.4 is 10.9 Å². The Balaban J connectivity index is 1.59. The molecule has 0 fully saturated rings. The van der Waals surface area contributed by atoms with Gasteiger partial charge in [0.15, 0.2) is 0 Å². The van der Waals surface area contributed by atoms with Crippen LogP contribution in [0.15, 0.2) is 40.7 Å². The van der Waals surface area contributed by atoms with Crippen molar-refractivity contribution in [1.29, 1.82) is 0 Å². The topological polar surface area (TPSA) is 64.0 Å². The summed E-state index contributed by atoms with van der Waals surface area (Å²) in [6.45, 7) is 2.76. The summed E-state index contributed by atoms with van der Waals surface area (Å²) in [4.78, 5) is 28.8. The van der Waals surface area contributed by atoms with Gasteiger partial charge in [0.05, 0.1) is 11.0 Å². The molecule has 1 amide bonds. The first kappa shape index (κ1) is 17.4. The van der Waals surface area contributed by atoms with Gasteiger partial charge in [-0.15, -0.1) is 0 Å². The molecule has 3 rings (SSSR count). The van der Waals surface area contributed by atoms with Gasteiger partial charge in [-0.25, -0.2) is 4.98 Å². The minimum Gasteiger partial charge on any atom is -0.356 e. The van der Waals surface area contributed by atoms with Crippen molar-refractivity contribution in [3.05, 3.63) is 52.0 Å². The number of fused-ring (bicyclic) bond motifs is 1. The molecule has 1 heterocycles. The number of hydrogen-bond donors (Lipinski definition) is 1. The number of hydrogen-bond acceptors (Lipinski definition) is 3. The Morgan fingerprint density at radius 1 is 1.28 bits per heavy atom. The second kappa shape index (κ2) is 8.10. The van der Waals surface area contributed by atoms with E-state index >= 15 is 0 Å². The van der Waals surface area contributed by atoms with E-state index < -0.39 is 0 Å². The number of carbonyl (C=O) groups excluding carboxylic acids is 1. The molecule has 1 aliphatic carbocycles. The first-order valence-corrected chi connectivity index (χ1v) is 9.06. The Bertz CT molecular complexity index is 852. The highest BCUT2D eigenvalue weighted by molar-refractivity contribution is 5.77. The van der Waals surface area contributed by atoms with E-state index in [1.54, 1.807) is 11.5 Å². The maximum Gasteiger partial charge on any atom is 0.272 e. The second-order valence-electron chi connectivity index (χ2n) is 6.60. The molecule has 0 radical (unpaired) electrons. The zero-order chi connectivity index (χ0) is 17.6. The van der Waals surface area contributed by atoms with Crippen LogP contribution in [0.2, 0.25) is 0 Å². The fourth-order valence-corrected chi connectivity index (χ4v) is 3.34. The van der Waals surface area contributed by atoms with Gasteiger partial charge in [0.2, 0.25) is 5.91 Å². The maximum absolute atomic E-state index is 12.4. The zero-order valence-corrected chi connectivity index (χ0v) is 14.8. The van der Waals surface area contributed by atoms with Crippen LogP contribution >= 0.6 is 0 Å². The molecule has 0 saturated carbocycles. The van der Waals surface area contributed by atoms with Gasteiger partial charge in [0.25, 0.3) is 5.56 Å². The van der Waals surface area contributed by atoms with E-state index in [4.69, 9.17) is 0 Å². The molecule has 2 aromatic rings. The van der Waals surface area contributed by atoms with E-state index in [1.807, 2.05) is 24.3 Å². The average molecular weight is 339 g/mol. The molecular formula is C20H25N3O2. The van der Waals surface area contributed by atoms with Gasteiger partial charge in [-0.05, 0) is 51.2 Å². The van der Waals surface area contributed by atoms with Crippen molar-refractivity contribution in [2.75, 3.05) is 6.54 Å². The van der Waals surface area contributed by atoms with E-state index in [1.165, 1.54) is 24.8 Å². The molecule has 132 valence electrons. The lowest BCUT2D eigenvalue weighted by Crippen LogP contribution is -2.29. The lowest BCUT2D eigenvalue weighted by atomic mass is 9.97. The normalized spacial score (nSPS) is 14.4. The highest BCUT2D eigenvalue weighted by Crippen LogP contribution is 2.19. The number of rotatable bonds is 6. The van der Waals surface area contributed by atoms with Gasteiger partial charge in [-0.3, -0.25) is 9.59 Å². The molecule has 1 aromatic carbocycles. The maximum atomic E-state index is 12.4. The average Bonchev–Trinajstić information content (AvgIpc) is 2.63. The fourth-order valence-electron chi connectivity index (χ4n) is 3.34. The lowest BCUT2D eigenvalue weighted by molar-refractivity contribution is -0.121. The SMILES string of the molecule is Cc1nc2ccccc2n(CCC(=O)NCCC2=CCCCC2)c1=O. The molecule has 25 heavy (non-hydrogen) atoms. The summed E-state index contributed by atoms with van der Waals surface area (Å²) in [5, 5.41) is 2.97. The minimum atomic E-state index is -0.126. The van der Waals surface area contributed by atoms with Crippen molar-refractivity contribution < 1.29 is 4.79 Å². The number of amides is 1. The van der Waals surface area contributed by atoms with Crippen molar-refractivity contribution >= 4 is 16.9 Å². The number of carbonyl (C=O) groups is 1. The smallest absolute Gasteiger partial charge is 0.272 e. The molecule has 5 nitrogen and oxygen atoms in total. The first-order chi connectivity index (χ1) is 12.1. The van der Waals surface area contributed by atoms with Crippen LogP contribution in [0.3, 0.4) is 0 Å². The van der Waals surface area contributed by atoms with Gasteiger partial charge < -0.3 is 9.88 Å². The molecule has 5 heteroatoms. The third kappa shape index (κ3) is 4.35. The van der Waals surface area contributed by atoms with Crippen LogP contribution in [-0.4, -0.2) is 22.0 Å². The number of benzene rings is 1. The minimum absolute atomic E-state index is 0.0122. The van der Waals surface area contributed by atoms with E-state index in [9.17, 15) is 9.59 Å². The third-order valence-corrected chi connectivity index (χ3v) is 4.73. The van der Waals surface area contributed by atoms with Crippen LogP contribution in [0.25, 0.3) is 11.0 Å². The molecule has 0 unspecified atom stereocenters. The van der Waals surface area contributed by atoms with Gasteiger partial charge >= 0.3 is 0 Å². The predicted molar refractivity (Wildman–Crippen MR) is 99.5 cm³/mol. The van der Waals surface area contributed by atoms with Crippen molar-refractivity contribution in [3.63, 3.8) is 0 Å². The van der Waals surface area contributed by atoms with Crippen LogP contribution in [0.4, 0.5) is 0 Å². The number of aryl methyl sites for hydroxylation is 2. The molecule has 0 saturated heterocycles. The molecule has 0 atom stereocenters. The van der Waals surface area contributed by atoms with E-state index in [0.717, 1.165) is 23.9 Å². The Kier molecular flexibility index (Phi) is 5.64. The Hall–Kier alpha value is -2.43. The van der Waals surface area contributed by atoms with Gasteiger partial charge in [-0.1, -0.05) is 23.8 Å². The van der Waals surface area contributed by atoms with Crippen molar-refractivity contribution in [2.45, 2.75) is 52.0 Å². The summed E-state index contributed by atoms with van der Waals surface area (Å²) in [5.74, 6) is -0.0122. The van der Waals surface area contributed by atoms with Crippen molar-refractivity contribution in [2.24, 2.45) is 0 Å². The van der Waals surface area contributed by atoms with Crippen molar-refractivity contribution in [3.8, 4) is 0 Å². The molecule has 1 N–H and O–H groups in total. The van der Waals surface area contributed by atoms with E-state index in [-0.39, 0.29) is 11.5 Å². The quantitative estimate of drug-likeness (QED) is 0.823. The van der Waals surface area contributed by atoms with E-state index in [0.29, 0.717) is 25.2 Å². The van der Waals surface area contributed by atoms with Gasteiger partial charge in [-0.2, -0.15) is 0 Å². The summed E-state index contributed by atoms with van der Waals surface area (Å²) in [6, 6.07) is 7.54. The van der Waals surface area contributed by atoms with E-state index in [2.05, 4.69) is 16.4 Å². The van der Waals surface area contributed by atoms with Crippen molar-refractivity contribution in [1.82, 2.24) is 14.9 Å². The Morgan fingerprint density at radius 3 is 2.92 bits per heavy atom. The molecule has 0 spiro atoms. The summed E-state index contributed by atoms with van der Waals surface area (Å²) in [7, 11) is 0. The third-order valence-electron chi connectivity index (χ3n) is 4.73. The van der Waals surface area contributed by atoms with Gasteiger partial charge in [0.1, 0.15) is 5.69 Å². The molecular weight excluding hydrogens is 314 g/mol. The zero-order valence-electron chi connectivity index (χ0n) is 14.8. The monoisotopic (exact) mass is 339 g/mol. The second-order valence-corrected chi connectivity index (χ2v) is 6.60. The molecule has 1 aliphatic rings. The highest BCUT2D eigenvalue weighted by atomic mass is 16.1. The molecule has 1 aromatic heterocycles. The Morgan fingerprint density at radius 2 is 2.12 bits per heavy atom. The number of para-hydroxylation sites is 2. The number of nitrogens with zero attached hydrogens (tertiary/aromatic N) is 2. The number of nitrogens with one attached hydrogen (secondary N) is 1. The van der Waals surface area contributed by atoms with Crippen LogP contribution in [-0.2, 0) is 11.3 Å². The Labute approximate surface area is 147 Å². The first-order valence-electron chi connectivity index (χ1n) is 9.06. The highest BCUT2D eigenvalue weighted by Gasteiger charge is 2.10. The summed E-state index contributed by atoms with van der Waals surface area (Å²) in [5.41, 5.74) is 3.35. The molecule has 0 bridgehead atoms. The predicted octanol–water partition coefficient (Wildman–Crippen LogP) is 3.10. The van der Waals surface area contributed by atoms with Crippen LogP contribution in [0, 0.1) is 6.92 Å². The summed E-state index contributed by atoms with van der Waals surface area (Å²) < 4.78 is 1.65. The summed E-state index contributed by atoms with van der Waals surface area (Å²) >= 11 is 0. The fraction of sp³-hybridized carbons (Fsp3) is 0.450. The van der Waals surface area contributed by atoms with Gasteiger partial charge in [0, 0.05) is 19.5 Å². The van der Waals surface area contributed by atoms with Crippen LogP contribution in [0.5, 0.6) is 0 Å². The molecule has 0 aliphatic heterocycles. The standard InChI is InChI=1S/C20H25N3O2/c1-15-20(25)23(18-10-6-5-9-17(18)22-15)14-12-19(24)21-13-11-16-7-3-2-4-8-16/h5-7,9-10H,2-4,8,11-14H2,1H3,(H,21,24). The largest absolute Gasteiger partial charge is 0.356 e.